The van der Waals surface area contributed by atoms with E-state index in [9.17, 15) is 4.79 Å². The minimum Gasteiger partial charge on any atom is -0.480 e. The van der Waals surface area contributed by atoms with E-state index in [2.05, 4.69) is 19.2 Å². The zero-order chi connectivity index (χ0) is 8.48. The Morgan fingerprint density at radius 1 is 1.64 bits per heavy atom. The van der Waals surface area contributed by atoms with Crippen molar-refractivity contribution in [2.75, 3.05) is 6.54 Å². The number of aliphatic carboxylic acids is 1. The molecule has 0 radical (unpaired) electrons. The number of hydrogen-bond acceptors (Lipinski definition) is 2. The third-order valence-corrected chi connectivity index (χ3v) is 2.25. The molecule has 3 nitrogen and oxygen atoms in total. The van der Waals surface area contributed by atoms with Gasteiger partial charge in [-0.1, -0.05) is 13.8 Å². The highest BCUT2D eigenvalue weighted by Gasteiger charge is 2.31. The molecule has 0 aromatic rings. The third kappa shape index (κ3) is 2.19. The van der Waals surface area contributed by atoms with Crippen LogP contribution in [0.3, 0.4) is 0 Å². The second-order valence-electron chi connectivity index (χ2n) is 3.96. The number of rotatable bonds is 1. The average molecular weight is 157 g/mol. The molecular weight excluding hydrogens is 142 g/mol. The molecule has 1 unspecified atom stereocenters. The van der Waals surface area contributed by atoms with Gasteiger partial charge in [-0.3, -0.25) is 4.79 Å². The maximum absolute atomic E-state index is 10.6. The predicted octanol–water partition coefficient (Wildman–Crippen LogP) is 0.849. The number of hydrogen-bond donors (Lipinski definition) is 2. The first kappa shape index (κ1) is 8.53. The minimum atomic E-state index is -0.724. The van der Waals surface area contributed by atoms with Crippen molar-refractivity contribution < 1.29 is 9.90 Å². The SMILES string of the molecule is CC1(C)CCNC(C(=O)O)C1. The van der Waals surface area contributed by atoms with Crippen molar-refractivity contribution >= 4 is 5.97 Å². The van der Waals surface area contributed by atoms with Crippen LogP contribution in [0, 0.1) is 5.41 Å². The van der Waals surface area contributed by atoms with Gasteiger partial charge < -0.3 is 10.4 Å². The number of nitrogens with one attached hydrogen (secondary N) is 1. The van der Waals surface area contributed by atoms with Crippen molar-refractivity contribution in [2.45, 2.75) is 32.7 Å². The van der Waals surface area contributed by atoms with Crippen molar-refractivity contribution in [3.05, 3.63) is 0 Å². The Bertz CT molecular complexity index is 165. The second-order valence-corrected chi connectivity index (χ2v) is 3.96. The highest BCUT2D eigenvalue weighted by atomic mass is 16.4. The van der Waals surface area contributed by atoms with Crippen LogP contribution >= 0.6 is 0 Å². The van der Waals surface area contributed by atoms with Gasteiger partial charge in [0.05, 0.1) is 0 Å². The topological polar surface area (TPSA) is 49.3 Å². The molecule has 1 heterocycles. The summed E-state index contributed by atoms with van der Waals surface area (Å²) in [6.07, 6.45) is 1.80. The van der Waals surface area contributed by atoms with Crippen molar-refractivity contribution in [1.29, 1.82) is 0 Å². The Balaban J connectivity index is 2.53. The summed E-state index contributed by atoms with van der Waals surface area (Å²) in [6.45, 7) is 5.05. The molecular formula is C8H15NO2. The number of carboxylic acids is 1. The Labute approximate surface area is 66.8 Å². The molecule has 1 rings (SSSR count). The minimum absolute atomic E-state index is 0.189. The van der Waals surface area contributed by atoms with E-state index >= 15 is 0 Å². The molecule has 0 aromatic carbocycles. The lowest BCUT2D eigenvalue weighted by molar-refractivity contribution is -0.141. The van der Waals surface area contributed by atoms with Gasteiger partial charge in [0.2, 0.25) is 0 Å². The summed E-state index contributed by atoms with van der Waals surface area (Å²) in [4.78, 5) is 10.6. The quantitative estimate of drug-likeness (QED) is 0.593. The van der Waals surface area contributed by atoms with E-state index in [0.29, 0.717) is 0 Å². The molecule has 0 saturated carbocycles. The molecule has 0 amide bonds. The molecule has 0 spiro atoms. The molecule has 1 aliphatic heterocycles. The standard InChI is InChI=1S/C8H15NO2/c1-8(2)3-4-9-6(5-8)7(10)11/h6,9H,3-5H2,1-2H3,(H,10,11). The maximum atomic E-state index is 10.6. The lowest BCUT2D eigenvalue weighted by Crippen LogP contribution is -2.46. The van der Waals surface area contributed by atoms with Gasteiger partial charge in [-0.2, -0.15) is 0 Å². The smallest absolute Gasteiger partial charge is 0.320 e. The van der Waals surface area contributed by atoms with Crippen LogP contribution in [0.25, 0.3) is 0 Å². The van der Waals surface area contributed by atoms with Gasteiger partial charge >= 0.3 is 5.97 Å². The first-order valence-corrected chi connectivity index (χ1v) is 3.97. The molecule has 1 atom stereocenters. The number of piperidine rings is 1. The summed E-state index contributed by atoms with van der Waals surface area (Å²) in [5.41, 5.74) is 0.189. The van der Waals surface area contributed by atoms with E-state index < -0.39 is 5.97 Å². The van der Waals surface area contributed by atoms with E-state index in [4.69, 9.17) is 5.11 Å². The van der Waals surface area contributed by atoms with Crippen LogP contribution in [0.1, 0.15) is 26.7 Å². The Morgan fingerprint density at radius 3 is 2.64 bits per heavy atom. The lowest BCUT2D eigenvalue weighted by Gasteiger charge is -2.33. The zero-order valence-corrected chi connectivity index (χ0v) is 7.05. The zero-order valence-electron chi connectivity index (χ0n) is 7.05. The second kappa shape index (κ2) is 2.81. The fourth-order valence-corrected chi connectivity index (χ4v) is 1.49. The van der Waals surface area contributed by atoms with Crippen molar-refractivity contribution in [3.8, 4) is 0 Å². The molecule has 64 valence electrons. The van der Waals surface area contributed by atoms with Gasteiger partial charge in [0.15, 0.2) is 0 Å². The van der Waals surface area contributed by atoms with E-state index in [1.165, 1.54) is 0 Å². The van der Waals surface area contributed by atoms with Gasteiger partial charge in [-0.15, -0.1) is 0 Å². The molecule has 0 aliphatic carbocycles. The largest absolute Gasteiger partial charge is 0.480 e. The number of carboxylic acid groups (broad SMARTS) is 1. The van der Waals surface area contributed by atoms with Gasteiger partial charge in [-0.05, 0) is 24.8 Å². The summed E-state index contributed by atoms with van der Waals surface area (Å²) < 4.78 is 0. The van der Waals surface area contributed by atoms with Crippen LogP contribution in [0.2, 0.25) is 0 Å². The summed E-state index contributed by atoms with van der Waals surface area (Å²) in [5.74, 6) is -0.724. The Kier molecular flexibility index (Phi) is 2.18. The van der Waals surface area contributed by atoms with Crippen LogP contribution in [-0.4, -0.2) is 23.7 Å². The van der Waals surface area contributed by atoms with Gasteiger partial charge in [0.25, 0.3) is 0 Å². The molecule has 11 heavy (non-hydrogen) atoms. The third-order valence-electron chi connectivity index (χ3n) is 2.25. The monoisotopic (exact) mass is 157 g/mol. The average Bonchev–Trinajstić information content (AvgIpc) is 1.85. The molecule has 2 N–H and O–H groups in total. The van der Waals surface area contributed by atoms with Crippen molar-refractivity contribution in [2.24, 2.45) is 5.41 Å². The van der Waals surface area contributed by atoms with Crippen LogP contribution in [0.4, 0.5) is 0 Å². The van der Waals surface area contributed by atoms with Crippen molar-refractivity contribution in [1.82, 2.24) is 5.32 Å². The van der Waals surface area contributed by atoms with Crippen LogP contribution in [-0.2, 0) is 4.79 Å². The van der Waals surface area contributed by atoms with E-state index in [0.717, 1.165) is 19.4 Å². The molecule has 1 saturated heterocycles. The van der Waals surface area contributed by atoms with E-state index in [-0.39, 0.29) is 11.5 Å². The highest BCUT2D eigenvalue weighted by Crippen LogP contribution is 2.29. The summed E-state index contributed by atoms with van der Waals surface area (Å²) >= 11 is 0. The highest BCUT2D eigenvalue weighted by molar-refractivity contribution is 5.73. The first-order chi connectivity index (χ1) is 5.01. The Morgan fingerprint density at radius 2 is 2.27 bits per heavy atom. The fraction of sp³-hybridized carbons (Fsp3) is 0.875. The molecule has 0 aromatic heterocycles. The molecule has 1 aliphatic rings. The van der Waals surface area contributed by atoms with Gasteiger partial charge in [0.1, 0.15) is 6.04 Å². The lowest BCUT2D eigenvalue weighted by atomic mass is 9.80. The van der Waals surface area contributed by atoms with Crippen LogP contribution in [0.5, 0.6) is 0 Å². The van der Waals surface area contributed by atoms with E-state index in [1.54, 1.807) is 0 Å². The predicted molar refractivity (Wildman–Crippen MR) is 42.4 cm³/mol. The molecule has 0 bridgehead atoms. The summed E-state index contributed by atoms with van der Waals surface area (Å²) in [7, 11) is 0. The molecule has 1 fully saturated rings. The summed E-state index contributed by atoms with van der Waals surface area (Å²) in [6, 6.07) is -0.334. The Hall–Kier alpha value is -0.570. The van der Waals surface area contributed by atoms with Crippen LogP contribution < -0.4 is 5.32 Å². The fourth-order valence-electron chi connectivity index (χ4n) is 1.49. The van der Waals surface area contributed by atoms with Gasteiger partial charge in [0, 0.05) is 0 Å². The number of carbonyl (C=O) groups is 1. The molecule has 3 heteroatoms. The van der Waals surface area contributed by atoms with Crippen LogP contribution in [0.15, 0.2) is 0 Å². The first-order valence-electron chi connectivity index (χ1n) is 3.97. The maximum Gasteiger partial charge on any atom is 0.320 e. The normalized spacial score (nSPS) is 29.8. The summed E-state index contributed by atoms with van der Waals surface area (Å²) in [5, 5.41) is 11.7. The van der Waals surface area contributed by atoms with Gasteiger partial charge in [-0.25, -0.2) is 0 Å². The van der Waals surface area contributed by atoms with Crippen molar-refractivity contribution in [3.63, 3.8) is 0 Å². The van der Waals surface area contributed by atoms with E-state index in [1.807, 2.05) is 0 Å².